The van der Waals surface area contributed by atoms with Crippen LogP contribution in [0.15, 0.2) is 53.4 Å². The van der Waals surface area contributed by atoms with E-state index in [1.165, 1.54) is 4.31 Å². The summed E-state index contributed by atoms with van der Waals surface area (Å²) in [5.74, 6) is 0.775. The summed E-state index contributed by atoms with van der Waals surface area (Å²) in [6.07, 6.45) is 0. The van der Waals surface area contributed by atoms with Gasteiger partial charge in [-0.1, -0.05) is 24.3 Å². The van der Waals surface area contributed by atoms with Crippen LogP contribution >= 0.6 is 0 Å². The number of hydrogen-bond donors (Lipinski definition) is 0. The Hall–Kier alpha value is -2.40. The van der Waals surface area contributed by atoms with Crippen molar-refractivity contribution < 1.29 is 13.2 Å². The average molecular weight is 400 g/mol. The van der Waals surface area contributed by atoms with Crippen molar-refractivity contribution in [3.05, 3.63) is 59.7 Å². The molecule has 1 fully saturated rings. The number of nitriles is 1. The molecule has 28 heavy (non-hydrogen) atoms. The van der Waals surface area contributed by atoms with E-state index in [-0.39, 0.29) is 0 Å². The first-order valence-corrected chi connectivity index (χ1v) is 10.8. The summed E-state index contributed by atoms with van der Waals surface area (Å²) >= 11 is 0. The van der Waals surface area contributed by atoms with Crippen LogP contribution in [0.1, 0.15) is 24.1 Å². The van der Waals surface area contributed by atoms with Gasteiger partial charge in [-0.3, -0.25) is 4.90 Å². The van der Waals surface area contributed by atoms with Gasteiger partial charge in [-0.25, -0.2) is 8.42 Å². The zero-order chi connectivity index (χ0) is 20.1. The molecule has 1 heterocycles. The van der Waals surface area contributed by atoms with E-state index < -0.39 is 16.1 Å². The van der Waals surface area contributed by atoms with E-state index in [4.69, 9.17) is 4.74 Å². The van der Waals surface area contributed by atoms with Crippen LogP contribution in [-0.4, -0.2) is 50.4 Å². The van der Waals surface area contributed by atoms with Crippen molar-refractivity contribution in [3.63, 3.8) is 0 Å². The van der Waals surface area contributed by atoms with Crippen LogP contribution in [0.25, 0.3) is 0 Å². The number of rotatable bonds is 6. The minimum Gasteiger partial charge on any atom is -0.494 e. The Morgan fingerprint density at radius 1 is 1.11 bits per heavy atom. The maximum atomic E-state index is 12.9. The minimum atomic E-state index is -3.51. The largest absolute Gasteiger partial charge is 0.494 e. The fourth-order valence-corrected chi connectivity index (χ4v) is 4.93. The van der Waals surface area contributed by atoms with Crippen molar-refractivity contribution in [3.8, 4) is 11.8 Å². The van der Waals surface area contributed by atoms with Gasteiger partial charge in [-0.05, 0) is 49.2 Å². The van der Waals surface area contributed by atoms with Crippen LogP contribution in [0.3, 0.4) is 0 Å². The Bertz CT molecular complexity index is 944. The number of nitrogens with zero attached hydrogens (tertiary/aromatic N) is 3. The first-order chi connectivity index (χ1) is 13.5. The summed E-state index contributed by atoms with van der Waals surface area (Å²) in [7, 11) is -3.51. The molecule has 0 aromatic heterocycles. The van der Waals surface area contributed by atoms with Crippen molar-refractivity contribution in [2.75, 3.05) is 32.8 Å². The van der Waals surface area contributed by atoms with E-state index >= 15 is 0 Å². The predicted molar refractivity (Wildman–Crippen MR) is 107 cm³/mol. The molecular formula is C21H25N3O3S. The summed E-state index contributed by atoms with van der Waals surface area (Å²) in [5, 5.41) is 9.68. The van der Waals surface area contributed by atoms with Gasteiger partial charge in [0.15, 0.2) is 0 Å². The number of aryl methyl sites for hydroxylation is 1. The Morgan fingerprint density at radius 2 is 1.79 bits per heavy atom. The highest BCUT2D eigenvalue weighted by Crippen LogP contribution is 2.26. The third-order valence-corrected chi connectivity index (χ3v) is 6.79. The van der Waals surface area contributed by atoms with Crippen LogP contribution < -0.4 is 4.74 Å². The first kappa shape index (κ1) is 20.3. The van der Waals surface area contributed by atoms with E-state index in [0.717, 1.165) is 16.9 Å². The number of ether oxygens (including phenoxy) is 1. The highest BCUT2D eigenvalue weighted by Gasteiger charge is 2.31. The van der Waals surface area contributed by atoms with Gasteiger partial charge in [-0.2, -0.15) is 9.57 Å². The summed E-state index contributed by atoms with van der Waals surface area (Å²) in [4.78, 5) is 2.35. The number of piperazine rings is 1. The Morgan fingerprint density at radius 3 is 2.36 bits per heavy atom. The van der Waals surface area contributed by atoms with E-state index in [1.54, 1.807) is 18.2 Å². The van der Waals surface area contributed by atoms with Crippen LogP contribution in [-0.2, 0) is 10.0 Å². The monoisotopic (exact) mass is 399 g/mol. The van der Waals surface area contributed by atoms with Gasteiger partial charge in [-0.15, -0.1) is 0 Å². The van der Waals surface area contributed by atoms with E-state index in [2.05, 4.69) is 6.07 Å². The molecule has 148 valence electrons. The van der Waals surface area contributed by atoms with Gasteiger partial charge < -0.3 is 4.74 Å². The zero-order valence-corrected chi connectivity index (χ0v) is 17.0. The number of benzene rings is 2. The van der Waals surface area contributed by atoms with Crippen molar-refractivity contribution in [2.24, 2.45) is 0 Å². The second-order valence-corrected chi connectivity index (χ2v) is 8.73. The maximum Gasteiger partial charge on any atom is 0.243 e. The highest BCUT2D eigenvalue weighted by atomic mass is 32.2. The quantitative estimate of drug-likeness (QED) is 0.747. The summed E-state index contributed by atoms with van der Waals surface area (Å²) in [6.45, 7) is 6.16. The van der Waals surface area contributed by atoms with E-state index in [1.807, 2.05) is 49.1 Å². The van der Waals surface area contributed by atoms with Crippen molar-refractivity contribution in [1.82, 2.24) is 9.21 Å². The molecule has 1 atom stereocenters. The topological polar surface area (TPSA) is 73.6 Å². The lowest BCUT2D eigenvalue weighted by Gasteiger charge is -2.36. The van der Waals surface area contributed by atoms with Crippen LogP contribution in [0.4, 0.5) is 0 Å². The molecular weight excluding hydrogens is 374 g/mol. The normalized spacial score (nSPS) is 17.0. The summed E-state index contributed by atoms with van der Waals surface area (Å²) < 4.78 is 32.7. The summed E-state index contributed by atoms with van der Waals surface area (Å²) in [6, 6.07) is 16.4. The van der Waals surface area contributed by atoms with Gasteiger partial charge in [0.05, 0.1) is 17.6 Å². The fraction of sp³-hybridized carbons (Fsp3) is 0.381. The lowest BCUT2D eigenvalue weighted by atomic mass is 10.1. The van der Waals surface area contributed by atoms with Gasteiger partial charge >= 0.3 is 0 Å². The third-order valence-electron chi connectivity index (χ3n) is 4.89. The molecule has 0 spiro atoms. The van der Waals surface area contributed by atoms with Crippen LogP contribution in [0.5, 0.6) is 5.75 Å². The standard InChI is InChI=1S/C21H25N3O3S/c1-3-27-19-9-7-18(8-10-19)21(16-22)23-11-13-24(14-12-23)28(25,26)20-6-4-5-17(2)15-20/h4-10,15,21H,3,11-14H2,1-2H3. The molecule has 0 amide bonds. The Labute approximate surface area is 167 Å². The molecule has 0 N–H and O–H groups in total. The Kier molecular flexibility index (Phi) is 6.35. The fourth-order valence-electron chi connectivity index (χ4n) is 3.41. The van der Waals surface area contributed by atoms with Gasteiger partial charge in [0.2, 0.25) is 10.0 Å². The molecule has 6 nitrogen and oxygen atoms in total. The molecule has 0 bridgehead atoms. The number of hydrogen-bond acceptors (Lipinski definition) is 5. The second kappa shape index (κ2) is 8.74. The predicted octanol–water partition coefficient (Wildman–Crippen LogP) is 2.96. The molecule has 3 rings (SSSR count). The average Bonchev–Trinajstić information content (AvgIpc) is 2.70. The molecule has 2 aromatic carbocycles. The summed E-state index contributed by atoms with van der Waals surface area (Å²) in [5.41, 5.74) is 1.81. The van der Waals surface area contributed by atoms with Crippen molar-refractivity contribution in [2.45, 2.75) is 24.8 Å². The van der Waals surface area contributed by atoms with Crippen molar-refractivity contribution >= 4 is 10.0 Å². The Balaban J connectivity index is 1.69. The second-order valence-electron chi connectivity index (χ2n) is 6.79. The molecule has 1 aliphatic rings. The number of sulfonamides is 1. The molecule has 1 saturated heterocycles. The molecule has 2 aromatic rings. The first-order valence-electron chi connectivity index (χ1n) is 9.39. The van der Waals surface area contributed by atoms with Gasteiger partial charge in [0.1, 0.15) is 11.8 Å². The zero-order valence-electron chi connectivity index (χ0n) is 16.2. The van der Waals surface area contributed by atoms with Gasteiger partial charge in [0, 0.05) is 26.2 Å². The molecule has 0 radical (unpaired) electrons. The van der Waals surface area contributed by atoms with Crippen molar-refractivity contribution in [1.29, 1.82) is 5.26 Å². The molecule has 0 saturated carbocycles. The molecule has 7 heteroatoms. The molecule has 1 aliphatic heterocycles. The van der Waals surface area contributed by atoms with Crippen LogP contribution in [0.2, 0.25) is 0 Å². The van der Waals surface area contributed by atoms with E-state index in [0.29, 0.717) is 37.7 Å². The minimum absolute atomic E-state index is 0.323. The van der Waals surface area contributed by atoms with Gasteiger partial charge in [0.25, 0.3) is 0 Å². The van der Waals surface area contributed by atoms with E-state index in [9.17, 15) is 13.7 Å². The van der Waals surface area contributed by atoms with Crippen LogP contribution in [0, 0.1) is 18.3 Å². The lowest BCUT2D eigenvalue weighted by Crippen LogP contribution is -2.49. The molecule has 1 unspecified atom stereocenters. The molecule has 0 aliphatic carbocycles. The smallest absolute Gasteiger partial charge is 0.243 e. The highest BCUT2D eigenvalue weighted by molar-refractivity contribution is 7.89. The third kappa shape index (κ3) is 4.36. The maximum absolute atomic E-state index is 12.9. The SMILES string of the molecule is CCOc1ccc(C(C#N)N2CCN(S(=O)(=O)c3cccc(C)c3)CC2)cc1. The lowest BCUT2D eigenvalue weighted by molar-refractivity contribution is 0.162.